The highest BCUT2D eigenvalue weighted by molar-refractivity contribution is 7.99. The molecule has 0 unspecified atom stereocenters. The number of pyridine rings is 1. The zero-order valence-electron chi connectivity index (χ0n) is 20.1. The first-order valence-electron chi connectivity index (χ1n) is 12.0. The number of fused-ring (bicyclic) bond motifs is 1. The van der Waals surface area contributed by atoms with Gasteiger partial charge in [0, 0.05) is 35.3 Å². The van der Waals surface area contributed by atoms with E-state index in [9.17, 15) is 15.0 Å². The molecule has 2 heterocycles. The molecule has 0 radical (unpaired) electrons. The molecule has 6 nitrogen and oxygen atoms in total. The predicted molar refractivity (Wildman–Crippen MR) is 145 cm³/mol. The number of hydrogen-bond acceptors (Lipinski definition) is 6. The highest BCUT2D eigenvalue weighted by atomic mass is 35.5. The van der Waals surface area contributed by atoms with Gasteiger partial charge >= 0.3 is 5.97 Å². The molecule has 0 saturated carbocycles. The Morgan fingerprint density at radius 3 is 2.75 bits per heavy atom. The predicted octanol–water partition coefficient (Wildman–Crippen LogP) is 6.18. The van der Waals surface area contributed by atoms with Crippen molar-refractivity contribution in [1.29, 1.82) is 0 Å². The molecule has 3 aromatic rings. The molecule has 0 amide bonds. The van der Waals surface area contributed by atoms with Gasteiger partial charge in [-0.05, 0) is 73.7 Å². The van der Waals surface area contributed by atoms with Crippen molar-refractivity contribution < 1.29 is 19.7 Å². The van der Waals surface area contributed by atoms with E-state index in [0.29, 0.717) is 35.2 Å². The third-order valence-electron chi connectivity index (χ3n) is 6.88. The first kappa shape index (κ1) is 27.0. The molecule has 3 atom stereocenters. The lowest BCUT2D eigenvalue weighted by atomic mass is 9.81. The maximum Gasteiger partial charge on any atom is 0.308 e. The number of hydrogen-bond donors (Lipinski definition) is 2. The lowest BCUT2D eigenvalue weighted by molar-refractivity contribution is -0.146. The monoisotopic (exact) mass is 548 g/mol. The molecule has 1 saturated heterocycles. The van der Waals surface area contributed by atoms with Gasteiger partial charge in [-0.25, -0.2) is 0 Å². The fourth-order valence-corrected chi connectivity index (χ4v) is 6.58. The van der Waals surface area contributed by atoms with Crippen molar-refractivity contribution in [2.45, 2.75) is 30.3 Å². The summed E-state index contributed by atoms with van der Waals surface area (Å²) in [6.07, 6.45) is 2.91. The Labute approximate surface area is 225 Å². The van der Waals surface area contributed by atoms with E-state index < -0.39 is 18.0 Å². The number of likely N-dealkylation sites (tertiary alicyclic amines) is 1. The van der Waals surface area contributed by atoms with E-state index in [1.165, 1.54) is 0 Å². The van der Waals surface area contributed by atoms with Crippen LogP contribution in [-0.4, -0.2) is 58.6 Å². The lowest BCUT2D eigenvalue weighted by Crippen LogP contribution is -2.44. The van der Waals surface area contributed by atoms with Gasteiger partial charge in [0.25, 0.3) is 0 Å². The summed E-state index contributed by atoms with van der Waals surface area (Å²) in [6.45, 7) is 2.09. The number of nitrogens with zero attached hydrogens (tertiary/aromatic N) is 2. The van der Waals surface area contributed by atoms with E-state index in [2.05, 4.69) is 9.88 Å². The van der Waals surface area contributed by atoms with Gasteiger partial charge in [-0.2, -0.15) is 0 Å². The van der Waals surface area contributed by atoms with Crippen molar-refractivity contribution in [2.24, 2.45) is 11.8 Å². The number of aromatic nitrogens is 1. The Kier molecular flexibility index (Phi) is 9.36. The van der Waals surface area contributed by atoms with Gasteiger partial charge in [0.2, 0.25) is 0 Å². The standard InChI is InChI=1S/C27H30Cl2N2O4S/c1-35-18-6-7-24-20(15-18)19(9-11-30-24)25(32)8-5-17-10-12-31(16-21(17)27(33)34)13-14-36-26-22(28)3-2-4-23(26)29/h2-4,6-7,9,11,15,17,21,25,32H,5,8,10,12-14,16H2,1H3,(H,33,34)/t17-,21+,25-/m1/s1. The number of rotatable bonds is 10. The number of ether oxygens (including phenoxy) is 1. The molecule has 1 aliphatic heterocycles. The number of aliphatic carboxylic acids is 1. The molecule has 0 aliphatic carbocycles. The maximum absolute atomic E-state index is 12.1. The van der Waals surface area contributed by atoms with Gasteiger partial charge in [0.15, 0.2) is 0 Å². The van der Waals surface area contributed by atoms with Crippen LogP contribution in [-0.2, 0) is 4.79 Å². The molecule has 192 valence electrons. The molecule has 2 aromatic carbocycles. The summed E-state index contributed by atoms with van der Waals surface area (Å²) in [5, 5.41) is 23.1. The van der Waals surface area contributed by atoms with E-state index in [0.717, 1.165) is 46.6 Å². The van der Waals surface area contributed by atoms with Crippen LogP contribution in [0, 0.1) is 11.8 Å². The van der Waals surface area contributed by atoms with Gasteiger partial charge in [0.05, 0.1) is 34.7 Å². The molecule has 0 spiro atoms. The first-order valence-corrected chi connectivity index (χ1v) is 13.7. The van der Waals surface area contributed by atoms with Crippen LogP contribution in [0.1, 0.15) is 30.9 Å². The first-order chi connectivity index (χ1) is 17.4. The number of thioether (sulfide) groups is 1. The van der Waals surface area contributed by atoms with Crippen LogP contribution < -0.4 is 4.74 Å². The van der Waals surface area contributed by atoms with Crippen LogP contribution in [0.2, 0.25) is 10.0 Å². The van der Waals surface area contributed by atoms with E-state index >= 15 is 0 Å². The number of aliphatic hydroxyl groups is 1. The SMILES string of the molecule is COc1ccc2nccc([C@H](O)CC[C@@H]3CCN(CCSc4c(Cl)cccc4Cl)C[C@@H]3C(=O)O)c2c1. The Hall–Kier alpha value is -2.03. The minimum absolute atomic E-state index is 0.0155. The van der Waals surface area contributed by atoms with Crippen molar-refractivity contribution in [1.82, 2.24) is 9.88 Å². The summed E-state index contributed by atoms with van der Waals surface area (Å²) in [4.78, 5) is 19.5. The molecule has 0 bridgehead atoms. The molecular weight excluding hydrogens is 519 g/mol. The summed E-state index contributed by atoms with van der Waals surface area (Å²) in [7, 11) is 1.61. The van der Waals surface area contributed by atoms with Crippen molar-refractivity contribution in [3.63, 3.8) is 0 Å². The average molecular weight is 550 g/mol. The number of carboxylic acid groups (broad SMARTS) is 1. The fraction of sp³-hybridized carbons (Fsp3) is 0.407. The zero-order chi connectivity index (χ0) is 25.7. The van der Waals surface area contributed by atoms with Crippen molar-refractivity contribution in [3.8, 4) is 5.75 Å². The highest BCUT2D eigenvalue weighted by Crippen LogP contribution is 2.36. The second-order valence-corrected chi connectivity index (χ2v) is 11.0. The van der Waals surface area contributed by atoms with Crippen molar-refractivity contribution >= 4 is 51.8 Å². The molecule has 1 aliphatic rings. The summed E-state index contributed by atoms with van der Waals surface area (Å²) in [6, 6.07) is 12.9. The van der Waals surface area contributed by atoms with Crippen LogP contribution in [0.25, 0.3) is 10.9 Å². The summed E-state index contributed by atoms with van der Waals surface area (Å²) in [5.41, 5.74) is 1.58. The third kappa shape index (κ3) is 6.45. The largest absolute Gasteiger partial charge is 0.497 e. The molecule has 2 N–H and O–H groups in total. The lowest BCUT2D eigenvalue weighted by Gasteiger charge is -2.37. The number of halogens is 2. The van der Waals surface area contributed by atoms with Crippen molar-refractivity contribution in [2.75, 3.05) is 32.5 Å². The number of benzene rings is 2. The van der Waals surface area contributed by atoms with Crippen LogP contribution in [0.15, 0.2) is 53.6 Å². The van der Waals surface area contributed by atoms with Crippen LogP contribution in [0.4, 0.5) is 0 Å². The second kappa shape index (κ2) is 12.5. The Morgan fingerprint density at radius 2 is 2.03 bits per heavy atom. The Bertz CT molecular complexity index is 1190. The molecule has 36 heavy (non-hydrogen) atoms. The number of piperidine rings is 1. The fourth-order valence-electron chi connectivity index (χ4n) is 4.89. The number of carboxylic acids is 1. The minimum atomic E-state index is -0.778. The van der Waals surface area contributed by atoms with E-state index in [1.807, 2.05) is 42.5 Å². The normalized spacial score (nSPS) is 19.3. The topological polar surface area (TPSA) is 82.9 Å². The third-order valence-corrected chi connectivity index (χ3v) is 8.85. The minimum Gasteiger partial charge on any atom is -0.497 e. The summed E-state index contributed by atoms with van der Waals surface area (Å²) < 4.78 is 5.33. The molecular formula is C27H30Cl2N2O4S. The summed E-state index contributed by atoms with van der Waals surface area (Å²) in [5.74, 6) is 0.255. The van der Waals surface area contributed by atoms with Crippen LogP contribution in [0.3, 0.4) is 0 Å². The number of methoxy groups -OCH3 is 1. The van der Waals surface area contributed by atoms with Gasteiger partial charge in [-0.1, -0.05) is 29.3 Å². The van der Waals surface area contributed by atoms with E-state index in [-0.39, 0.29) is 5.92 Å². The molecule has 9 heteroatoms. The molecule has 1 fully saturated rings. The van der Waals surface area contributed by atoms with Gasteiger partial charge in [0.1, 0.15) is 5.75 Å². The molecule has 4 rings (SSSR count). The maximum atomic E-state index is 12.1. The Morgan fingerprint density at radius 1 is 1.25 bits per heavy atom. The Balaban J connectivity index is 1.34. The molecule has 1 aromatic heterocycles. The van der Waals surface area contributed by atoms with Crippen molar-refractivity contribution in [3.05, 3.63) is 64.3 Å². The second-order valence-electron chi connectivity index (χ2n) is 9.07. The summed E-state index contributed by atoms with van der Waals surface area (Å²) >= 11 is 14.1. The smallest absolute Gasteiger partial charge is 0.308 e. The van der Waals surface area contributed by atoms with E-state index in [4.69, 9.17) is 27.9 Å². The van der Waals surface area contributed by atoms with Crippen LogP contribution in [0.5, 0.6) is 5.75 Å². The van der Waals surface area contributed by atoms with Gasteiger partial charge < -0.3 is 19.8 Å². The number of carbonyl (C=O) groups is 1. The quantitative estimate of drug-likeness (QED) is 0.292. The average Bonchev–Trinajstić information content (AvgIpc) is 2.88. The zero-order valence-corrected chi connectivity index (χ0v) is 22.4. The van der Waals surface area contributed by atoms with E-state index in [1.54, 1.807) is 25.1 Å². The van der Waals surface area contributed by atoms with Crippen LogP contribution >= 0.6 is 35.0 Å². The van der Waals surface area contributed by atoms with Gasteiger partial charge in [-0.15, -0.1) is 11.8 Å². The van der Waals surface area contributed by atoms with Gasteiger partial charge in [-0.3, -0.25) is 9.78 Å². The number of aliphatic hydroxyl groups excluding tert-OH is 1. The highest BCUT2D eigenvalue weighted by Gasteiger charge is 2.34.